The number of hydrogen-bond acceptors (Lipinski definition) is 3. The summed E-state index contributed by atoms with van der Waals surface area (Å²) in [4.78, 5) is 24.7. The zero-order chi connectivity index (χ0) is 17.3. The molecule has 1 atom stereocenters. The highest BCUT2D eigenvalue weighted by Gasteiger charge is 2.35. The molecule has 1 N–H and O–H groups in total. The number of carbonyl (C=O) groups is 2. The molecule has 4 nitrogen and oxygen atoms in total. The van der Waals surface area contributed by atoms with Crippen LogP contribution in [-0.2, 0) is 14.3 Å². The molecule has 1 aromatic rings. The molecule has 1 amide bonds. The van der Waals surface area contributed by atoms with Gasteiger partial charge in [0.2, 0.25) is 5.91 Å². The van der Waals surface area contributed by atoms with Gasteiger partial charge < -0.3 is 10.1 Å². The van der Waals surface area contributed by atoms with E-state index in [1.54, 1.807) is 25.1 Å². The first kappa shape index (κ1) is 17.3. The average molecular weight is 368 g/mol. The Bertz CT molecular complexity index is 708. The van der Waals surface area contributed by atoms with Gasteiger partial charge in [-0.3, -0.25) is 4.79 Å². The Morgan fingerprint density at radius 3 is 2.67 bits per heavy atom. The van der Waals surface area contributed by atoms with Gasteiger partial charge >= 0.3 is 5.97 Å². The summed E-state index contributed by atoms with van der Waals surface area (Å²) in [6, 6.07) is 5.25. The lowest BCUT2D eigenvalue weighted by molar-refractivity contribution is -0.144. The maximum atomic E-state index is 12.7. The standard InChI is InChI=1S/C18H19Cl2NO3/c1-10-16(18(23)24-11-5-2-3-6-11)13(9-15(22)21-10)12-7-4-8-14(19)17(12)20/h4,7-8,11,13H,2-3,5-6,9H2,1H3,(H,21,22)/t13-/m1/s1. The summed E-state index contributed by atoms with van der Waals surface area (Å²) in [5, 5.41) is 3.51. The van der Waals surface area contributed by atoms with Crippen LogP contribution in [0, 0.1) is 0 Å². The lowest BCUT2D eigenvalue weighted by atomic mass is 9.84. The molecule has 1 fully saturated rings. The van der Waals surface area contributed by atoms with Crippen LogP contribution in [0.25, 0.3) is 0 Å². The SMILES string of the molecule is CC1=C(C(=O)OC2CCCC2)[C@@H](c2cccc(Cl)c2Cl)CC(=O)N1. The van der Waals surface area contributed by atoms with E-state index in [-0.39, 0.29) is 24.4 Å². The van der Waals surface area contributed by atoms with Crippen LogP contribution in [-0.4, -0.2) is 18.0 Å². The minimum absolute atomic E-state index is 0.0362. The van der Waals surface area contributed by atoms with Crippen LogP contribution in [0.5, 0.6) is 0 Å². The highest BCUT2D eigenvalue weighted by atomic mass is 35.5. The number of esters is 1. The summed E-state index contributed by atoms with van der Waals surface area (Å²) in [5.74, 6) is -0.967. The molecular formula is C18H19Cl2NO3. The van der Waals surface area contributed by atoms with Gasteiger partial charge in [-0.05, 0) is 44.2 Å². The fourth-order valence-corrected chi connectivity index (χ4v) is 3.89. The molecule has 6 heteroatoms. The summed E-state index contributed by atoms with van der Waals surface area (Å²) in [7, 11) is 0. The van der Waals surface area contributed by atoms with Gasteiger partial charge in [-0.2, -0.15) is 0 Å². The topological polar surface area (TPSA) is 55.4 Å². The summed E-state index contributed by atoms with van der Waals surface area (Å²) in [6.45, 7) is 1.72. The summed E-state index contributed by atoms with van der Waals surface area (Å²) >= 11 is 12.4. The second-order valence-corrected chi connectivity index (χ2v) is 7.08. The third-order valence-electron chi connectivity index (χ3n) is 4.62. The van der Waals surface area contributed by atoms with Crippen LogP contribution < -0.4 is 5.32 Å². The van der Waals surface area contributed by atoms with E-state index in [9.17, 15) is 9.59 Å². The monoisotopic (exact) mass is 367 g/mol. The number of allylic oxidation sites excluding steroid dienone is 1. The summed E-state index contributed by atoms with van der Waals surface area (Å²) in [5.41, 5.74) is 1.66. The van der Waals surface area contributed by atoms with Gasteiger partial charge in [-0.25, -0.2) is 4.79 Å². The largest absolute Gasteiger partial charge is 0.459 e. The number of halogens is 2. The zero-order valence-corrected chi connectivity index (χ0v) is 14.9. The van der Waals surface area contributed by atoms with Crippen LogP contribution >= 0.6 is 23.2 Å². The first-order valence-electron chi connectivity index (χ1n) is 8.13. The first-order valence-corrected chi connectivity index (χ1v) is 8.88. The molecule has 0 unspecified atom stereocenters. The third kappa shape index (κ3) is 3.45. The number of hydrogen-bond donors (Lipinski definition) is 1. The fourth-order valence-electron chi connectivity index (χ4n) is 3.45. The number of ether oxygens (including phenoxy) is 1. The minimum Gasteiger partial charge on any atom is -0.459 e. The molecule has 0 aromatic heterocycles. The first-order chi connectivity index (χ1) is 11.5. The second kappa shape index (κ2) is 7.16. The van der Waals surface area contributed by atoms with Crippen molar-refractivity contribution >= 4 is 35.1 Å². The lowest BCUT2D eigenvalue weighted by Crippen LogP contribution is -2.35. The molecule has 2 aliphatic rings. The third-order valence-corrected chi connectivity index (χ3v) is 5.46. The molecule has 24 heavy (non-hydrogen) atoms. The lowest BCUT2D eigenvalue weighted by Gasteiger charge is -2.28. The van der Waals surface area contributed by atoms with E-state index in [1.165, 1.54) is 0 Å². The van der Waals surface area contributed by atoms with Crippen LogP contribution in [0.2, 0.25) is 10.0 Å². The van der Waals surface area contributed by atoms with Crippen LogP contribution in [0.15, 0.2) is 29.5 Å². The maximum absolute atomic E-state index is 12.7. The molecule has 0 saturated heterocycles. The molecule has 0 radical (unpaired) electrons. The van der Waals surface area contributed by atoms with E-state index in [4.69, 9.17) is 27.9 Å². The number of rotatable bonds is 3. The van der Waals surface area contributed by atoms with Crippen molar-refractivity contribution in [2.75, 3.05) is 0 Å². The van der Waals surface area contributed by atoms with Crippen LogP contribution in [0.1, 0.15) is 50.5 Å². The van der Waals surface area contributed by atoms with Gasteiger partial charge in [-0.1, -0.05) is 35.3 Å². The van der Waals surface area contributed by atoms with Crippen molar-refractivity contribution in [3.05, 3.63) is 45.1 Å². The van der Waals surface area contributed by atoms with Crippen molar-refractivity contribution in [2.24, 2.45) is 0 Å². The smallest absolute Gasteiger partial charge is 0.336 e. The highest BCUT2D eigenvalue weighted by molar-refractivity contribution is 6.42. The highest BCUT2D eigenvalue weighted by Crippen LogP contribution is 2.40. The molecule has 128 valence electrons. The maximum Gasteiger partial charge on any atom is 0.336 e. The van der Waals surface area contributed by atoms with E-state index in [0.29, 0.717) is 26.9 Å². The second-order valence-electron chi connectivity index (χ2n) is 6.30. The van der Waals surface area contributed by atoms with E-state index in [0.717, 1.165) is 25.7 Å². The molecular weight excluding hydrogens is 349 g/mol. The predicted octanol–water partition coefficient (Wildman–Crippen LogP) is 4.36. The Hall–Kier alpha value is -1.52. The average Bonchev–Trinajstić information content (AvgIpc) is 3.02. The molecule has 1 aliphatic heterocycles. The van der Waals surface area contributed by atoms with Gasteiger partial charge in [0.25, 0.3) is 0 Å². The van der Waals surface area contributed by atoms with Crippen molar-refractivity contribution in [3.8, 4) is 0 Å². The Morgan fingerprint density at radius 1 is 1.25 bits per heavy atom. The van der Waals surface area contributed by atoms with Crippen molar-refractivity contribution in [3.63, 3.8) is 0 Å². The van der Waals surface area contributed by atoms with Crippen LogP contribution in [0.3, 0.4) is 0 Å². The van der Waals surface area contributed by atoms with Crippen molar-refractivity contribution < 1.29 is 14.3 Å². The molecule has 1 heterocycles. The molecule has 1 saturated carbocycles. The van der Waals surface area contributed by atoms with Gasteiger partial charge in [0.05, 0.1) is 15.6 Å². The van der Waals surface area contributed by atoms with E-state index in [1.807, 2.05) is 0 Å². The summed E-state index contributed by atoms with van der Waals surface area (Å²) in [6.07, 6.45) is 4.06. The van der Waals surface area contributed by atoms with Crippen molar-refractivity contribution in [1.29, 1.82) is 0 Å². The Kier molecular flexibility index (Phi) is 5.16. The van der Waals surface area contributed by atoms with Gasteiger partial charge in [-0.15, -0.1) is 0 Å². The van der Waals surface area contributed by atoms with Crippen molar-refractivity contribution in [2.45, 2.75) is 51.0 Å². The van der Waals surface area contributed by atoms with E-state index >= 15 is 0 Å². The van der Waals surface area contributed by atoms with Gasteiger partial charge in [0.1, 0.15) is 6.10 Å². The Morgan fingerprint density at radius 2 is 1.96 bits per heavy atom. The van der Waals surface area contributed by atoms with Gasteiger partial charge in [0.15, 0.2) is 0 Å². The molecule has 3 rings (SSSR count). The van der Waals surface area contributed by atoms with Crippen LogP contribution in [0.4, 0.5) is 0 Å². The normalized spacial score (nSPS) is 21.8. The van der Waals surface area contributed by atoms with Crippen molar-refractivity contribution in [1.82, 2.24) is 5.32 Å². The fraction of sp³-hybridized carbons (Fsp3) is 0.444. The molecule has 0 spiro atoms. The minimum atomic E-state index is -0.446. The van der Waals surface area contributed by atoms with Gasteiger partial charge in [0, 0.05) is 18.0 Å². The quantitative estimate of drug-likeness (QED) is 0.807. The molecule has 1 aliphatic carbocycles. The Labute approximate surface area is 151 Å². The van der Waals surface area contributed by atoms with E-state index < -0.39 is 5.92 Å². The van der Waals surface area contributed by atoms with E-state index in [2.05, 4.69) is 5.32 Å². The predicted molar refractivity (Wildman–Crippen MR) is 93.0 cm³/mol. The summed E-state index contributed by atoms with van der Waals surface area (Å²) < 4.78 is 5.65. The molecule has 0 bridgehead atoms. The zero-order valence-electron chi connectivity index (χ0n) is 13.4. The number of benzene rings is 1. The molecule has 1 aromatic carbocycles. The Balaban J connectivity index is 1.95. The number of amides is 1. The number of carbonyl (C=O) groups excluding carboxylic acids is 2. The number of nitrogens with one attached hydrogen (secondary N) is 1.